The average Bonchev–Trinajstić information content (AvgIpc) is 2.90. The summed E-state index contributed by atoms with van der Waals surface area (Å²) in [4.78, 5) is 35.2. The van der Waals surface area contributed by atoms with Crippen molar-refractivity contribution in [3.05, 3.63) is 23.8 Å². The zero-order chi connectivity index (χ0) is 29.0. The van der Waals surface area contributed by atoms with Crippen molar-refractivity contribution in [3.8, 4) is 0 Å². The van der Waals surface area contributed by atoms with Gasteiger partial charge in [-0.05, 0) is 62.2 Å². The molecule has 13 heteroatoms. The monoisotopic (exact) mass is 549 g/mol. The molecule has 0 aliphatic heterocycles. The van der Waals surface area contributed by atoms with Crippen molar-refractivity contribution in [3.63, 3.8) is 0 Å². The van der Waals surface area contributed by atoms with Crippen molar-refractivity contribution in [2.75, 3.05) is 20.1 Å². The number of hydrogen-bond acceptors (Lipinski definition) is 8. The van der Waals surface area contributed by atoms with Gasteiger partial charge in [-0.2, -0.15) is 0 Å². The maximum absolute atomic E-state index is 12.3. The fourth-order valence-electron chi connectivity index (χ4n) is 4.24. The number of rotatable bonds is 22. The van der Waals surface area contributed by atoms with E-state index in [1.165, 1.54) is 18.2 Å². The molecule has 1 aromatic rings. The number of carboxylic acid groups (broad SMARTS) is 1. The smallest absolute Gasteiger partial charge is 0.480 e. The molecule has 0 spiro atoms. The van der Waals surface area contributed by atoms with Gasteiger partial charge in [-0.3, -0.25) is 14.4 Å². The number of benzene rings is 1. The number of amides is 2. The third-order valence-corrected chi connectivity index (χ3v) is 6.59. The van der Waals surface area contributed by atoms with Crippen molar-refractivity contribution in [2.24, 2.45) is 0 Å². The summed E-state index contributed by atoms with van der Waals surface area (Å²) in [6, 6.07) is 3.31. The molecular weight excluding hydrogens is 504 g/mol. The molecular formula is C26H45B2N3O8. The average molecular weight is 549 g/mol. The minimum atomic E-state index is -1.82. The highest BCUT2D eigenvalue weighted by molar-refractivity contribution is 6.62. The summed E-state index contributed by atoms with van der Waals surface area (Å²) in [5.74, 6) is -1.21. The van der Waals surface area contributed by atoms with Crippen molar-refractivity contribution < 1.29 is 39.6 Å². The van der Waals surface area contributed by atoms with Gasteiger partial charge in [0.2, 0.25) is 5.91 Å². The molecule has 1 aromatic carbocycles. The van der Waals surface area contributed by atoms with Crippen molar-refractivity contribution in [2.45, 2.75) is 89.5 Å². The lowest BCUT2D eigenvalue weighted by Gasteiger charge is -2.10. The predicted octanol–water partition coefficient (Wildman–Crippen LogP) is -0.364. The second-order valence-electron chi connectivity index (χ2n) is 9.85. The van der Waals surface area contributed by atoms with Crippen LogP contribution in [0.25, 0.3) is 0 Å². The van der Waals surface area contributed by atoms with Crippen LogP contribution in [-0.4, -0.2) is 83.4 Å². The Balaban J connectivity index is 2.01. The SMILES string of the molecule is CN[C@@H](CCCCNC(=O)CCCCCCCCCCCNC(=O)c1cc(B(O)O)cc(B(O)O)c1)C(=O)O. The van der Waals surface area contributed by atoms with Crippen molar-refractivity contribution in [1.29, 1.82) is 0 Å². The first-order valence-electron chi connectivity index (χ1n) is 14.0. The van der Waals surface area contributed by atoms with E-state index < -0.39 is 32.2 Å². The van der Waals surface area contributed by atoms with E-state index in [0.29, 0.717) is 25.9 Å². The molecule has 0 saturated heterocycles. The number of carbonyl (C=O) groups excluding carboxylic acids is 2. The topological polar surface area (TPSA) is 188 Å². The molecule has 0 aliphatic rings. The summed E-state index contributed by atoms with van der Waals surface area (Å²) in [5.41, 5.74) is 0.162. The molecule has 0 radical (unpaired) electrons. The second-order valence-corrected chi connectivity index (χ2v) is 9.85. The molecule has 1 rings (SSSR count). The summed E-state index contributed by atoms with van der Waals surface area (Å²) >= 11 is 0. The van der Waals surface area contributed by atoms with Gasteiger partial charge < -0.3 is 41.2 Å². The molecule has 0 bridgehead atoms. The first kappa shape index (κ1) is 34.6. The third kappa shape index (κ3) is 15.7. The maximum atomic E-state index is 12.3. The number of hydrogen-bond donors (Lipinski definition) is 8. The third-order valence-electron chi connectivity index (χ3n) is 6.59. The first-order chi connectivity index (χ1) is 18.6. The first-order valence-corrected chi connectivity index (χ1v) is 14.0. The molecule has 8 N–H and O–H groups in total. The Morgan fingerprint density at radius 2 is 1.21 bits per heavy atom. The Bertz CT molecular complexity index is 847. The highest BCUT2D eigenvalue weighted by Crippen LogP contribution is 2.11. The zero-order valence-electron chi connectivity index (χ0n) is 23.0. The van der Waals surface area contributed by atoms with Gasteiger partial charge in [0, 0.05) is 25.1 Å². The standard InChI is InChI=1S/C26H45B2N3O8/c1-29-23(26(34)35)13-10-12-15-30-24(32)14-9-7-5-3-2-4-6-8-11-16-31-25(33)20-17-21(27(36)37)19-22(18-20)28(38)39/h17-19,23,29,36-39H,2-16H2,1H3,(H,30,32)(H,31,33)(H,34,35)/t23-/m0/s1. The van der Waals surface area contributed by atoms with Gasteiger partial charge in [0.1, 0.15) is 6.04 Å². The molecule has 218 valence electrons. The molecule has 11 nitrogen and oxygen atoms in total. The van der Waals surface area contributed by atoms with Gasteiger partial charge in [0.25, 0.3) is 5.91 Å². The van der Waals surface area contributed by atoms with Gasteiger partial charge in [-0.15, -0.1) is 0 Å². The quantitative estimate of drug-likeness (QED) is 0.0706. The zero-order valence-corrected chi connectivity index (χ0v) is 23.0. The number of likely N-dealkylation sites (N-methyl/N-ethyl adjacent to an activating group) is 1. The molecule has 0 aliphatic carbocycles. The normalized spacial score (nSPS) is 11.6. The van der Waals surface area contributed by atoms with Crippen LogP contribution < -0.4 is 26.9 Å². The van der Waals surface area contributed by atoms with Crippen LogP contribution >= 0.6 is 0 Å². The Morgan fingerprint density at radius 1 is 0.718 bits per heavy atom. The van der Waals surface area contributed by atoms with E-state index in [1.807, 2.05) is 0 Å². The van der Waals surface area contributed by atoms with E-state index in [9.17, 15) is 34.5 Å². The minimum absolute atomic E-state index is 0.0129. The molecule has 2 amide bonds. The highest BCUT2D eigenvalue weighted by atomic mass is 16.4. The van der Waals surface area contributed by atoms with Gasteiger partial charge in [-0.25, -0.2) is 0 Å². The molecule has 39 heavy (non-hydrogen) atoms. The van der Waals surface area contributed by atoms with Gasteiger partial charge in [-0.1, -0.05) is 51.0 Å². The fraction of sp³-hybridized carbons (Fsp3) is 0.654. The van der Waals surface area contributed by atoms with E-state index in [4.69, 9.17) is 5.11 Å². The van der Waals surface area contributed by atoms with Crippen LogP contribution in [0.4, 0.5) is 0 Å². The summed E-state index contributed by atoms with van der Waals surface area (Å²) in [6.45, 7) is 1.05. The van der Waals surface area contributed by atoms with Gasteiger partial charge >= 0.3 is 20.2 Å². The highest BCUT2D eigenvalue weighted by Gasteiger charge is 2.20. The fourth-order valence-corrected chi connectivity index (χ4v) is 4.24. The predicted molar refractivity (Wildman–Crippen MR) is 152 cm³/mol. The number of nitrogens with one attached hydrogen (secondary N) is 3. The van der Waals surface area contributed by atoms with Crippen LogP contribution in [0.2, 0.25) is 0 Å². The number of aliphatic carboxylic acids is 1. The molecule has 0 aromatic heterocycles. The van der Waals surface area contributed by atoms with Crippen LogP contribution in [0.5, 0.6) is 0 Å². The number of unbranched alkanes of at least 4 members (excludes halogenated alkanes) is 9. The molecule has 0 unspecified atom stereocenters. The summed E-state index contributed by atoms with van der Waals surface area (Å²) in [7, 11) is -2.01. The Morgan fingerprint density at radius 3 is 1.72 bits per heavy atom. The van der Waals surface area contributed by atoms with Crippen LogP contribution in [0, 0.1) is 0 Å². The van der Waals surface area contributed by atoms with Crippen LogP contribution in [-0.2, 0) is 9.59 Å². The van der Waals surface area contributed by atoms with Crippen molar-refractivity contribution >= 4 is 42.9 Å². The lowest BCUT2D eigenvalue weighted by atomic mass is 9.72. The Hall–Kier alpha value is -2.44. The molecule has 1 atom stereocenters. The van der Waals surface area contributed by atoms with E-state index in [-0.39, 0.29) is 22.4 Å². The van der Waals surface area contributed by atoms with Crippen LogP contribution in [0.3, 0.4) is 0 Å². The Kier molecular flexibility index (Phi) is 18.1. The number of carboxylic acids is 1. The van der Waals surface area contributed by atoms with E-state index in [0.717, 1.165) is 70.6 Å². The molecule has 0 heterocycles. The lowest BCUT2D eigenvalue weighted by molar-refractivity contribution is -0.139. The summed E-state index contributed by atoms with van der Waals surface area (Å²) in [6.07, 6.45) is 11.8. The van der Waals surface area contributed by atoms with E-state index in [2.05, 4.69) is 16.0 Å². The Labute approximate surface area is 232 Å². The van der Waals surface area contributed by atoms with Crippen LogP contribution in [0.1, 0.15) is 93.8 Å². The second kappa shape index (κ2) is 20.5. The van der Waals surface area contributed by atoms with Crippen molar-refractivity contribution in [1.82, 2.24) is 16.0 Å². The lowest BCUT2D eigenvalue weighted by Crippen LogP contribution is -2.40. The van der Waals surface area contributed by atoms with Gasteiger partial charge in [0.05, 0.1) is 0 Å². The van der Waals surface area contributed by atoms with Gasteiger partial charge in [0.15, 0.2) is 0 Å². The summed E-state index contributed by atoms with van der Waals surface area (Å²) in [5, 5.41) is 54.8. The van der Waals surface area contributed by atoms with E-state index in [1.54, 1.807) is 7.05 Å². The minimum Gasteiger partial charge on any atom is -0.480 e. The molecule has 0 fully saturated rings. The molecule has 0 saturated carbocycles. The van der Waals surface area contributed by atoms with Crippen LogP contribution in [0.15, 0.2) is 18.2 Å². The maximum Gasteiger partial charge on any atom is 0.488 e. The largest absolute Gasteiger partial charge is 0.488 e. The summed E-state index contributed by atoms with van der Waals surface area (Å²) < 4.78 is 0. The van der Waals surface area contributed by atoms with E-state index >= 15 is 0 Å². The number of carbonyl (C=O) groups is 3.